The summed E-state index contributed by atoms with van der Waals surface area (Å²) < 4.78 is 7.25. The van der Waals surface area contributed by atoms with Crippen molar-refractivity contribution < 1.29 is 9.53 Å². The Morgan fingerprint density at radius 1 is 0.972 bits per heavy atom. The summed E-state index contributed by atoms with van der Waals surface area (Å²) in [5.41, 5.74) is 7.27. The van der Waals surface area contributed by atoms with Gasteiger partial charge in [-0.3, -0.25) is 4.79 Å². The molecule has 5 rings (SSSR count). The van der Waals surface area contributed by atoms with Crippen LogP contribution in [0, 0.1) is 20.8 Å². The molecule has 36 heavy (non-hydrogen) atoms. The number of anilines is 2. The molecule has 2 heterocycles. The van der Waals surface area contributed by atoms with E-state index in [1.54, 1.807) is 7.11 Å². The number of rotatable bonds is 5. The van der Waals surface area contributed by atoms with Crippen LogP contribution in [0.3, 0.4) is 0 Å². The molecule has 1 aromatic heterocycles. The number of aryl methyl sites for hydroxylation is 3. The van der Waals surface area contributed by atoms with Crippen molar-refractivity contribution in [2.24, 2.45) is 0 Å². The van der Waals surface area contributed by atoms with E-state index in [9.17, 15) is 4.79 Å². The Kier molecular flexibility index (Phi) is 6.06. The van der Waals surface area contributed by atoms with Gasteiger partial charge in [-0.25, -0.2) is 4.68 Å². The average Bonchev–Trinajstić information content (AvgIpc) is 3.28. The van der Waals surface area contributed by atoms with E-state index in [1.165, 1.54) is 11.1 Å². The van der Waals surface area contributed by atoms with Crippen LogP contribution >= 0.6 is 0 Å². The third kappa shape index (κ3) is 4.24. The second-order valence-electron chi connectivity index (χ2n) is 9.14. The first-order chi connectivity index (χ1) is 17.4. The molecule has 0 bridgehead atoms. The number of allylic oxidation sites excluding steroid dienone is 1. The lowest BCUT2D eigenvalue weighted by molar-refractivity contribution is -0.113. The van der Waals surface area contributed by atoms with E-state index in [2.05, 4.69) is 42.7 Å². The first kappa shape index (κ1) is 23.4. The van der Waals surface area contributed by atoms with Gasteiger partial charge in [0.2, 0.25) is 5.95 Å². The lowest BCUT2D eigenvalue weighted by atomic mass is 9.94. The molecular weight excluding hydrogens is 450 g/mol. The third-order valence-corrected chi connectivity index (χ3v) is 6.58. The smallest absolute Gasteiger partial charge is 0.255 e. The minimum atomic E-state index is -0.455. The van der Waals surface area contributed by atoms with Crippen LogP contribution in [-0.2, 0) is 4.79 Å². The fourth-order valence-electron chi connectivity index (χ4n) is 4.53. The molecule has 0 saturated carbocycles. The van der Waals surface area contributed by atoms with Crippen molar-refractivity contribution in [2.75, 3.05) is 17.7 Å². The van der Waals surface area contributed by atoms with E-state index in [0.29, 0.717) is 28.8 Å². The molecule has 182 valence electrons. The number of methoxy groups -OCH3 is 1. The number of para-hydroxylation sites is 2. The molecular formula is C29H29N5O2. The summed E-state index contributed by atoms with van der Waals surface area (Å²) in [6, 6.07) is 21.3. The Labute approximate surface area is 210 Å². The van der Waals surface area contributed by atoms with Crippen LogP contribution in [0.15, 0.2) is 78.0 Å². The Morgan fingerprint density at radius 3 is 2.53 bits per heavy atom. The summed E-state index contributed by atoms with van der Waals surface area (Å²) >= 11 is 0. The second kappa shape index (κ2) is 9.34. The molecule has 1 aliphatic rings. The Bertz CT molecular complexity index is 1500. The van der Waals surface area contributed by atoms with Crippen LogP contribution in [0.4, 0.5) is 11.6 Å². The quantitative estimate of drug-likeness (QED) is 0.378. The lowest BCUT2D eigenvalue weighted by Gasteiger charge is -2.29. The van der Waals surface area contributed by atoms with E-state index in [-0.39, 0.29) is 5.91 Å². The van der Waals surface area contributed by atoms with Crippen molar-refractivity contribution >= 4 is 17.5 Å². The maximum Gasteiger partial charge on any atom is 0.255 e. The molecule has 4 aromatic rings. The highest BCUT2D eigenvalue weighted by atomic mass is 16.5. The zero-order valence-electron chi connectivity index (χ0n) is 21.1. The number of nitrogens with zero attached hydrogens (tertiary/aromatic N) is 3. The highest BCUT2D eigenvalue weighted by molar-refractivity contribution is 6.06. The van der Waals surface area contributed by atoms with Crippen molar-refractivity contribution in [3.05, 3.63) is 100 Å². The monoisotopic (exact) mass is 479 g/mol. The average molecular weight is 480 g/mol. The molecule has 1 atom stereocenters. The minimum absolute atomic E-state index is 0.232. The summed E-state index contributed by atoms with van der Waals surface area (Å²) in [7, 11) is 1.59. The predicted molar refractivity (Wildman–Crippen MR) is 142 cm³/mol. The number of nitrogens with one attached hydrogen (secondary N) is 2. The topological polar surface area (TPSA) is 81.1 Å². The number of carbonyl (C=O) groups excluding carboxylic acids is 1. The fourth-order valence-corrected chi connectivity index (χ4v) is 4.53. The Hall–Kier alpha value is -4.39. The first-order valence-electron chi connectivity index (χ1n) is 11.9. The van der Waals surface area contributed by atoms with Gasteiger partial charge in [-0.05, 0) is 62.6 Å². The SMILES string of the molecule is COc1ccccc1NC(=O)C1=C(C)Nc2nc(-c3ccc(C)c(C)c3)nn2C1c1cccc(C)c1. The van der Waals surface area contributed by atoms with Gasteiger partial charge in [0.05, 0.1) is 18.4 Å². The van der Waals surface area contributed by atoms with Crippen molar-refractivity contribution in [1.82, 2.24) is 14.8 Å². The van der Waals surface area contributed by atoms with E-state index >= 15 is 0 Å². The van der Waals surface area contributed by atoms with Crippen molar-refractivity contribution in [2.45, 2.75) is 33.7 Å². The van der Waals surface area contributed by atoms with E-state index < -0.39 is 6.04 Å². The largest absolute Gasteiger partial charge is 0.495 e. The highest BCUT2D eigenvalue weighted by Gasteiger charge is 2.34. The molecule has 7 nitrogen and oxygen atoms in total. The van der Waals surface area contributed by atoms with Crippen molar-refractivity contribution in [3.63, 3.8) is 0 Å². The number of aromatic nitrogens is 3. The Balaban J connectivity index is 1.61. The van der Waals surface area contributed by atoms with Gasteiger partial charge in [-0.2, -0.15) is 4.98 Å². The summed E-state index contributed by atoms with van der Waals surface area (Å²) in [5, 5.41) is 11.2. The van der Waals surface area contributed by atoms with Gasteiger partial charge in [-0.15, -0.1) is 5.10 Å². The van der Waals surface area contributed by atoms with Gasteiger partial charge in [0.1, 0.15) is 11.8 Å². The number of fused-ring (bicyclic) bond motifs is 1. The highest BCUT2D eigenvalue weighted by Crippen LogP contribution is 2.37. The van der Waals surface area contributed by atoms with Gasteiger partial charge in [0, 0.05) is 11.3 Å². The lowest BCUT2D eigenvalue weighted by Crippen LogP contribution is -2.31. The molecule has 0 saturated heterocycles. The summed E-state index contributed by atoms with van der Waals surface area (Å²) in [4.78, 5) is 18.6. The maximum absolute atomic E-state index is 13.8. The van der Waals surface area contributed by atoms with Gasteiger partial charge in [-0.1, -0.05) is 54.1 Å². The summed E-state index contributed by atoms with van der Waals surface area (Å²) in [6.07, 6.45) is 0. The standard InChI is InChI=1S/C29H29N5O2/c1-17-9-8-10-21(15-17)26-25(28(35)31-23-11-6-7-12-24(23)36-5)20(4)30-29-32-27(33-34(26)29)22-14-13-18(2)19(3)16-22/h6-16,26H,1-5H3,(H,31,35)(H,30,32,33). The molecule has 0 radical (unpaired) electrons. The van der Waals surface area contributed by atoms with E-state index in [1.807, 2.05) is 67.1 Å². The first-order valence-corrected chi connectivity index (χ1v) is 11.9. The maximum atomic E-state index is 13.8. The van der Waals surface area contributed by atoms with Crippen molar-refractivity contribution in [1.29, 1.82) is 0 Å². The van der Waals surface area contributed by atoms with Crippen LogP contribution in [0.25, 0.3) is 11.4 Å². The van der Waals surface area contributed by atoms with Crippen LogP contribution < -0.4 is 15.4 Å². The van der Waals surface area contributed by atoms with Crippen LogP contribution in [0.1, 0.15) is 35.2 Å². The van der Waals surface area contributed by atoms with Crippen LogP contribution in [0.5, 0.6) is 5.75 Å². The third-order valence-electron chi connectivity index (χ3n) is 6.58. The summed E-state index contributed by atoms with van der Waals surface area (Å²) in [5.74, 6) is 1.57. The molecule has 1 unspecified atom stereocenters. The molecule has 1 aliphatic heterocycles. The summed E-state index contributed by atoms with van der Waals surface area (Å²) in [6.45, 7) is 8.10. The van der Waals surface area contributed by atoms with Crippen molar-refractivity contribution in [3.8, 4) is 17.1 Å². The molecule has 0 fully saturated rings. The zero-order valence-corrected chi connectivity index (χ0v) is 21.1. The number of carbonyl (C=O) groups is 1. The van der Waals surface area contributed by atoms with Crippen LogP contribution in [0.2, 0.25) is 0 Å². The van der Waals surface area contributed by atoms with E-state index in [4.69, 9.17) is 14.8 Å². The predicted octanol–water partition coefficient (Wildman–Crippen LogP) is 5.81. The van der Waals surface area contributed by atoms with E-state index in [0.717, 1.165) is 22.4 Å². The zero-order chi connectivity index (χ0) is 25.4. The van der Waals surface area contributed by atoms with Gasteiger partial charge >= 0.3 is 0 Å². The number of amides is 1. The number of hydrogen-bond donors (Lipinski definition) is 2. The van der Waals surface area contributed by atoms with Crippen LogP contribution in [-0.4, -0.2) is 27.8 Å². The number of benzene rings is 3. The molecule has 1 amide bonds. The fraction of sp³-hybridized carbons (Fsp3) is 0.207. The Morgan fingerprint density at radius 2 is 1.78 bits per heavy atom. The minimum Gasteiger partial charge on any atom is -0.495 e. The molecule has 2 N–H and O–H groups in total. The number of hydrogen-bond acceptors (Lipinski definition) is 5. The molecule has 7 heteroatoms. The van der Waals surface area contributed by atoms with Gasteiger partial charge in [0.15, 0.2) is 5.82 Å². The number of ether oxygens (including phenoxy) is 1. The second-order valence-corrected chi connectivity index (χ2v) is 9.14. The normalized spacial score (nSPS) is 14.8. The molecule has 3 aromatic carbocycles. The van der Waals surface area contributed by atoms with Gasteiger partial charge in [0.25, 0.3) is 5.91 Å². The molecule has 0 aliphatic carbocycles. The van der Waals surface area contributed by atoms with Gasteiger partial charge < -0.3 is 15.4 Å². The molecule has 0 spiro atoms.